The van der Waals surface area contributed by atoms with E-state index in [1.54, 1.807) is 0 Å². The summed E-state index contributed by atoms with van der Waals surface area (Å²) >= 11 is 6.30. The lowest BCUT2D eigenvalue weighted by molar-refractivity contribution is 0.276. The van der Waals surface area contributed by atoms with Crippen molar-refractivity contribution >= 4 is 11.6 Å². The molecule has 0 spiro atoms. The van der Waals surface area contributed by atoms with Crippen LogP contribution in [0.2, 0.25) is 5.02 Å². The first kappa shape index (κ1) is 14.4. The molecule has 0 heterocycles. The summed E-state index contributed by atoms with van der Waals surface area (Å²) < 4.78 is 5.98. The predicted octanol–water partition coefficient (Wildman–Crippen LogP) is 3.88. The van der Waals surface area contributed by atoms with E-state index in [1.807, 2.05) is 42.5 Å². The molecule has 0 unspecified atom stereocenters. The molecule has 0 aliphatic heterocycles. The average molecular weight is 304 g/mol. The van der Waals surface area contributed by atoms with E-state index < -0.39 is 0 Å². The molecule has 0 amide bonds. The largest absolute Gasteiger partial charge is 0.457 e. The molecule has 3 nitrogen and oxygen atoms in total. The Hall–Kier alpha value is -1.55. The van der Waals surface area contributed by atoms with E-state index in [9.17, 15) is 5.11 Å². The molecule has 0 saturated heterocycles. The molecule has 110 valence electrons. The molecule has 1 saturated carbocycles. The molecule has 2 aromatic carbocycles. The third-order valence-corrected chi connectivity index (χ3v) is 3.94. The second kappa shape index (κ2) is 6.48. The molecule has 3 rings (SSSR count). The molecule has 4 heteroatoms. The van der Waals surface area contributed by atoms with Crippen LogP contribution in [-0.4, -0.2) is 11.1 Å². The molecule has 0 bridgehead atoms. The Bertz CT molecular complexity index is 626. The summed E-state index contributed by atoms with van der Waals surface area (Å²) in [5.41, 5.74) is 1.72. The minimum absolute atomic E-state index is 0.0492. The summed E-state index contributed by atoms with van der Waals surface area (Å²) in [5.74, 6) is 1.39. The Labute approximate surface area is 129 Å². The maximum Gasteiger partial charge on any atom is 0.133 e. The van der Waals surface area contributed by atoms with Crippen molar-refractivity contribution in [3.05, 3.63) is 58.6 Å². The molecule has 1 aliphatic carbocycles. The van der Waals surface area contributed by atoms with Crippen LogP contribution >= 0.6 is 11.6 Å². The van der Waals surface area contributed by atoms with E-state index in [-0.39, 0.29) is 6.61 Å². The summed E-state index contributed by atoms with van der Waals surface area (Å²) in [4.78, 5) is 0. The normalized spacial score (nSPS) is 14.2. The van der Waals surface area contributed by atoms with Crippen molar-refractivity contribution in [2.45, 2.75) is 32.0 Å². The molecule has 21 heavy (non-hydrogen) atoms. The number of aliphatic hydroxyl groups excluding tert-OH is 1. The number of hydrogen-bond acceptors (Lipinski definition) is 3. The van der Waals surface area contributed by atoms with Gasteiger partial charge < -0.3 is 15.2 Å². The van der Waals surface area contributed by atoms with Crippen molar-refractivity contribution in [1.29, 1.82) is 0 Å². The topological polar surface area (TPSA) is 41.5 Å². The molecule has 0 atom stereocenters. The fourth-order valence-electron chi connectivity index (χ4n) is 2.19. The molecule has 0 radical (unpaired) electrons. The zero-order valence-electron chi connectivity index (χ0n) is 11.7. The zero-order chi connectivity index (χ0) is 14.7. The van der Waals surface area contributed by atoms with Crippen LogP contribution in [0.4, 0.5) is 0 Å². The van der Waals surface area contributed by atoms with Gasteiger partial charge in [0.05, 0.1) is 6.61 Å². The van der Waals surface area contributed by atoms with E-state index in [1.165, 1.54) is 12.8 Å². The molecular weight excluding hydrogens is 286 g/mol. The van der Waals surface area contributed by atoms with Crippen LogP contribution in [0.5, 0.6) is 11.5 Å². The van der Waals surface area contributed by atoms with E-state index >= 15 is 0 Å². The monoisotopic (exact) mass is 303 g/mol. The van der Waals surface area contributed by atoms with Gasteiger partial charge in [-0.05, 0) is 31.0 Å². The van der Waals surface area contributed by atoms with Gasteiger partial charge in [0.1, 0.15) is 11.5 Å². The fraction of sp³-hybridized carbons (Fsp3) is 0.294. The SMILES string of the molecule is OCc1ccccc1Oc1cccc(Cl)c1CNC1CC1. The van der Waals surface area contributed by atoms with Crippen LogP contribution in [0.25, 0.3) is 0 Å². The van der Waals surface area contributed by atoms with Gasteiger partial charge in [0.15, 0.2) is 0 Å². The molecule has 2 N–H and O–H groups in total. The minimum atomic E-state index is -0.0492. The van der Waals surface area contributed by atoms with Crippen molar-refractivity contribution < 1.29 is 9.84 Å². The van der Waals surface area contributed by atoms with Crippen molar-refractivity contribution in [2.75, 3.05) is 0 Å². The lowest BCUT2D eigenvalue weighted by atomic mass is 10.1. The number of hydrogen-bond donors (Lipinski definition) is 2. The Morgan fingerprint density at radius 1 is 1.10 bits per heavy atom. The average Bonchev–Trinajstić information content (AvgIpc) is 3.31. The van der Waals surface area contributed by atoms with Crippen molar-refractivity contribution in [2.24, 2.45) is 0 Å². The minimum Gasteiger partial charge on any atom is -0.457 e. The Morgan fingerprint density at radius 2 is 1.86 bits per heavy atom. The van der Waals surface area contributed by atoms with Crippen LogP contribution < -0.4 is 10.1 Å². The third-order valence-electron chi connectivity index (χ3n) is 3.58. The molecule has 2 aromatic rings. The van der Waals surface area contributed by atoms with Crippen LogP contribution in [-0.2, 0) is 13.2 Å². The third kappa shape index (κ3) is 3.56. The van der Waals surface area contributed by atoms with E-state index in [4.69, 9.17) is 16.3 Å². The first-order chi connectivity index (χ1) is 10.3. The van der Waals surface area contributed by atoms with Gasteiger partial charge in [-0.1, -0.05) is 35.9 Å². The van der Waals surface area contributed by atoms with E-state index in [0.29, 0.717) is 23.4 Å². The lowest BCUT2D eigenvalue weighted by Gasteiger charge is -2.15. The standard InChI is InChI=1S/C17H18ClNO2/c18-15-5-3-7-17(14(15)10-19-13-8-9-13)21-16-6-2-1-4-12(16)11-20/h1-7,13,19-20H,8-11H2. The first-order valence-electron chi connectivity index (χ1n) is 7.15. The van der Waals surface area contributed by atoms with Crippen LogP contribution in [0.3, 0.4) is 0 Å². The molecule has 1 fully saturated rings. The Balaban J connectivity index is 1.84. The molecular formula is C17H18ClNO2. The van der Waals surface area contributed by atoms with Gasteiger partial charge in [0, 0.05) is 28.7 Å². The summed E-state index contributed by atoms with van der Waals surface area (Å²) in [5, 5.41) is 13.5. The summed E-state index contributed by atoms with van der Waals surface area (Å²) in [7, 11) is 0. The van der Waals surface area contributed by atoms with Crippen molar-refractivity contribution in [1.82, 2.24) is 5.32 Å². The summed E-state index contributed by atoms with van der Waals surface area (Å²) in [6.45, 7) is 0.646. The van der Waals surface area contributed by atoms with Gasteiger partial charge in [0.2, 0.25) is 0 Å². The zero-order valence-corrected chi connectivity index (χ0v) is 12.4. The number of para-hydroxylation sites is 1. The number of halogens is 1. The summed E-state index contributed by atoms with van der Waals surface area (Å²) in [6.07, 6.45) is 2.46. The van der Waals surface area contributed by atoms with Crippen LogP contribution in [0, 0.1) is 0 Å². The van der Waals surface area contributed by atoms with Crippen molar-refractivity contribution in [3.63, 3.8) is 0 Å². The first-order valence-corrected chi connectivity index (χ1v) is 7.53. The quantitative estimate of drug-likeness (QED) is 0.851. The number of rotatable bonds is 6. The highest BCUT2D eigenvalue weighted by Gasteiger charge is 2.21. The highest BCUT2D eigenvalue weighted by atomic mass is 35.5. The number of aliphatic hydroxyl groups is 1. The van der Waals surface area contributed by atoms with Gasteiger partial charge in [0.25, 0.3) is 0 Å². The van der Waals surface area contributed by atoms with E-state index in [2.05, 4.69) is 5.32 Å². The predicted molar refractivity (Wildman–Crippen MR) is 83.8 cm³/mol. The van der Waals surface area contributed by atoms with Gasteiger partial charge in [-0.3, -0.25) is 0 Å². The van der Waals surface area contributed by atoms with Crippen LogP contribution in [0.1, 0.15) is 24.0 Å². The van der Waals surface area contributed by atoms with Gasteiger partial charge in [-0.25, -0.2) is 0 Å². The maximum atomic E-state index is 9.39. The summed E-state index contributed by atoms with van der Waals surface area (Å²) in [6, 6.07) is 13.7. The number of benzene rings is 2. The highest BCUT2D eigenvalue weighted by molar-refractivity contribution is 6.31. The van der Waals surface area contributed by atoms with Crippen molar-refractivity contribution in [3.8, 4) is 11.5 Å². The van der Waals surface area contributed by atoms with Crippen LogP contribution in [0.15, 0.2) is 42.5 Å². The van der Waals surface area contributed by atoms with Gasteiger partial charge in [-0.15, -0.1) is 0 Å². The molecule has 0 aromatic heterocycles. The molecule has 1 aliphatic rings. The number of ether oxygens (including phenoxy) is 1. The maximum absolute atomic E-state index is 9.39. The Kier molecular flexibility index (Phi) is 4.44. The van der Waals surface area contributed by atoms with Gasteiger partial charge in [-0.2, -0.15) is 0 Å². The Morgan fingerprint density at radius 3 is 2.62 bits per heavy atom. The smallest absolute Gasteiger partial charge is 0.133 e. The van der Waals surface area contributed by atoms with E-state index in [0.717, 1.165) is 16.9 Å². The fourth-order valence-corrected chi connectivity index (χ4v) is 2.43. The second-order valence-electron chi connectivity index (χ2n) is 5.24. The lowest BCUT2D eigenvalue weighted by Crippen LogP contribution is -2.16. The number of nitrogens with one attached hydrogen (secondary N) is 1. The second-order valence-corrected chi connectivity index (χ2v) is 5.65. The van der Waals surface area contributed by atoms with Gasteiger partial charge >= 0.3 is 0 Å². The highest BCUT2D eigenvalue weighted by Crippen LogP contribution is 2.32.